The molecule has 0 amide bonds. The molecule has 2 heteroatoms. The molecule has 0 rings (SSSR count). The van der Waals surface area contributed by atoms with E-state index in [9.17, 15) is 4.79 Å². The summed E-state index contributed by atoms with van der Waals surface area (Å²) < 4.78 is 5.39. The van der Waals surface area contributed by atoms with Crippen LogP contribution < -0.4 is 0 Å². The average molecular weight is 437 g/mol. The van der Waals surface area contributed by atoms with Gasteiger partial charge in [0.1, 0.15) is 0 Å². The molecule has 2 nitrogen and oxygen atoms in total. The fourth-order valence-electron chi connectivity index (χ4n) is 3.95. The highest BCUT2D eigenvalue weighted by atomic mass is 16.5. The summed E-state index contributed by atoms with van der Waals surface area (Å²) in [5.74, 6) is 0.873. The van der Waals surface area contributed by atoms with Crippen molar-refractivity contribution < 1.29 is 9.53 Å². The lowest BCUT2D eigenvalue weighted by Crippen LogP contribution is -2.05. The summed E-state index contributed by atoms with van der Waals surface area (Å²) in [6.45, 7) is 7.50. The number of unbranched alkanes of at least 4 members (excludes halogenated alkanes) is 16. The minimum Gasteiger partial charge on any atom is -0.466 e. The van der Waals surface area contributed by atoms with Crippen LogP contribution in [0.2, 0.25) is 0 Å². The molecule has 0 spiro atoms. The quantitative estimate of drug-likeness (QED) is 0.0854. The second-order valence-electron chi connectivity index (χ2n) is 9.86. The van der Waals surface area contributed by atoms with E-state index in [2.05, 4.69) is 32.9 Å². The van der Waals surface area contributed by atoms with Gasteiger partial charge in [-0.25, -0.2) is 0 Å². The Labute approximate surface area is 196 Å². The molecular weight excluding hydrogens is 380 g/mol. The molecule has 0 aliphatic rings. The van der Waals surface area contributed by atoms with Crippen LogP contribution in [0, 0.1) is 5.92 Å². The van der Waals surface area contributed by atoms with Crippen LogP contribution >= 0.6 is 0 Å². The van der Waals surface area contributed by atoms with E-state index in [1.165, 1.54) is 109 Å². The van der Waals surface area contributed by atoms with Gasteiger partial charge in [0.2, 0.25) is 0 Å². The highest BCUT2D eigenvalue weighted by Gasteiger charge is 2.02. The van der Waals surface area contributed by atoms with E-state index in [-0.39, 0.29) is 5.97 Å². The summed E-state index contributed by atoms with van der Waals surface area (Å²) in [5.41, 5.74) is 0. The Kier molecular flexibility index (Phi) is 24.8. The average Bonchev–Trinajstić information content (AvgIpc) is 2.75. The predicted molar refractivity (Wildman–Crippen MR) is 138 cm³/mol. The van der Waals surface area contributed by atoms with Crippen LogP contribution in [-0.2, 0) is 9.53 Å². The molecule has 0 radical (unpaired) electrons. The van der Waals surface area contributed by atoms with Crippen molar-refractivity contribution in [3.8, 4) is 0 Å². The van der Waals surface area contributed by atoms with Gasteiger partial charge >= 0.3 is 5.97 Å². The van der Waals surface area contributed by atoms with E-state index in [4.69, 9.17) is 4.74 Å². The van der Waals surface area contributed by atoms with Crippen molar-refractivity contribution in [2.45, 2.75) is 156 Å². The van der Waals surface area contributed by atoms with Crippen molar-refractivity contribution in [3.05, 3.63) is 12.2 Å². The van der Waals surface area contributed by atoms with Gasteiger partial charge in [0.05, 0.1) is 6.61 Å². The first kappa shape index (κ1) is 30.2. The standard InChI is InChI=1S/C29H56O2/c1-4-5-6-7-8-9-10-14-17-20-23-26-29(30)31-27-24-21-18-15-12-11-13-16-19-22-25-28(2)3/h7-8,28H,4-6,9-27H2,1-3H3. The molecule has 0 aliphatic heterocycles. The molecule has 0 atom stereocenters. The van der Waals surface area contributed by atoms with Gasteiger partial charge < -0.3 is 4.74 Å². The molecule has 0 fully saturated rings. The first-order valence-electron chi connectivity index (χ1n) is 14.0. The lowest BCUT2D eigenvalue weighted by Gasteiger charge is -2.06. The lowest BCUT2D eigenvalue weighted by molar-refractivity contribution is -0.143. The van der Waals surface area contributed by atoms with Crippen molar-refractivity contribution in [3.63, 3.8) is 0 Å². The topological polar surface area (TPSA) is 26.3 Å². The number of hydrogen-bond acceptors (Lipinski definition) is 2. The van der Waals surface area contributed by atoms with Crippen molar-refractivity contribution >= 4 is 5.97 Å². The Morgan fingerprint density at radius 2 is 1.13 bits per heavy atom. The number of allylic oxidation sites excluding steroid dienone is 2. The zero-order valence-electron chi connectivity index (χ0n) is 21.6. The normalized spacial score (nSPS) is 11.6. The molecule has 0 unspecified atom stereocenters. The Balaban J connectivity index is 3.19. The number of rotatable bonds is 24. The third-order valence-corrected chi connectivity index (χ3v) is 6.08. The molecule has 0 aliphatic carbocycles. The van der Waals surface area contributed by atoms with Crippen LogP contribution in [0.5, 0.6) is 0 Å². The van der Waals surface area contributed by atoms with Gasteiger partial charge in [-0.3, -0.25) is 4.79 Å². The van der Waals surface area contributed by atoms with Gasteiger partial charge in [-0.1, -0.05) is 129 Å². The molecule has 0 saturated heterocycles. The van der Waals surface area contributed by atoms with Crippen LogP contribution in [0.25, 0.3) is 0 Å². The molecule has 0 bridgehead atoms. The van der Waals surface area contributed by atoms with Crippen LogP contribution in [0.4, 0.5) is 0 Å². The third kappa shape index (κ3) is 27.2. The first-order valence-corrected chi connectivity index (χ1v) is 14.0. The number of hydrogen-bond donors (Lipinski definition) is 0. The molecule has 0 aromatic carbocycles. The molecule has 31 heavy (non-hydrogen) atoms. The zero-order chi connectivity index (χ0) is 22.8. The van der Waals surface area contributed by atoms with Crippen LogP contribution in [0.1, 0.15) is 156 Å². The highest BCUT2D eigenvalue weighted by Crippen LogP contribution is 2.14. The van der Waals surface area contributed by atoms with Gasteiger partial charge in [0.25, 0.3) is 0 Å². The number of esters is 1. The maximum Gasteiger partial charge on any atom is 0.305 e. The van der Waals surface area contributed by atoms with Crippen molar-refractivity contribution in [1.29, 1.82) is 0 Å². The highest BCUT2D eigenvalue weighted by molar-refractivity contribution is 5.69. The summed E-state index contributed by atoms with van der Waals surface area (Å²) in [7, 11) is 0. The predicted octanol–water partition coefficient (Wildman–Crippen LogP) is 9.95. The van der Waals surface area contributed by atoms with E-state index < -0.39 is 0 Å². The molecule has 0 aromatic heterocycles. The molecular formula is C29H56O2. The summed E-state index contributed by atoms with van der Waals surface area (Å²) in [5, 5.41) is 0. The minimum atomic E-state index is 0.0105. The third-order valence-electron chi connectivity index (χ3n) is 6.08. The summed E-state index contributed by atoms with van der Waals surface area (Å²) >= 11 is 0. The van der Waals surface area contributed by atoms with Crippen molar-refractivity contribution in [2.24, 2.45) is 5.92 Å². The Morgan fingerprint density at radius 3 is 1.71 bits per heavy atom. The summed E-state index contributed by atoms with van der Waals surface area (Å²) in [4.78, 5) is 11.8. The second-order valence-corrected chi connectivity index (χ2v) is 9.86. The molecule has 0 heterocycles. The summed E-state index contributed by atoms with van der Waals surface area (Å²) in [6.07, 6.45) is 31.0. The fourth-order valence-corrected chi connectivity index (χ4v) is 3.95. The van der Waals surface area contributed by atoms with Gasteiger partial charge in [-0.2, -0.15) is 0 Å². The van der Waals surface area contributed by atoms with Gasteiger partial charge in [-0.05, 0) is 38.0 Å². The van der Waals surface area contributed by atoms with E-state index in [0.29, 0.717) is 13.0 Å². The van der Waals surface area contributed by atoms with E-state index in [1.807, 2.05) is 0 Å². The van der Waals surface area contributed by atoms with Gasteiger partial charge in [-0.15, -0.1) is 0 Å². The minimum absolute atomic E-state index is 0.0105. The first-order chi connectivity index (χ1) is 15.2. The number of ether oxygens (including phenoxy) is 1. The van der Waals surface area contributed by atoms with Crippen LogP contribution in [-0.4, -0.2) is 12.6 Å². The summed E-state index contributed by atoms with van der Waals surface area (Å²) in [6, 6.07) is 0. The molecule has 184 valence electrons. The lowest BCUT2D eigenvalue weighted by atomic mass is 10.0. The zero-order valence-corrected chi connectivity index (χ0v) is 21.6. The fraction of sp³-hybridized carbons (Fsp3) is 0.897. The second kappa shape index (κ2) is 25.5. The largest absolute Gasteiger partial charge is 0.466 e. The Morgan fingerprint density at radius 1 is 0.645 bits per heavy atom. The van der Waals surface area contributed by atoms with Gasteiger partial charge in [0, 0.05) is 6.42 Å². The molecule has 0 N–H and O–H groups in total. The van der Waals surface area contributed by atoms with Crippen molar-refractivity contribution in [2.75, 3.05) is 6.61 Å². The Bertz CT molecular complexity index is 386. The van der Waals surface area contributed by atoms with Crippen LogP contribution in [0.15, 0.2) is 12.2 Å². The molecule has 0 saturated carbocycles. The Hall–Kier alpha value is -0.790. The van der Waals surface area contributed by atoms with E-state index in [1.54, 1.807) is 0 Å². The smallest absolute Gasteiger partial charge is 0.305 e. The van der Waals surface area contributed by atoms with Crippen LogP contribution in [0.3, 0.4) is 0 Å². The molecule has 0 aromatic rings. The van der Waals surface area contributed by atoms with Gasteiger partial charge in [0.15, 0.2) is 0 Å². The van der Waals surface area contributed by atoms with Crippen molar-refractivity contribution in [1.82, 2.24) is 0 Å². The maximum atomic E-state index is 11.8. The maximum absolute atomic E-state index is 11.8. The monoisotopic (exact) mass is 436 g/mol. The van der Waals surface area contributed by atoms with E-state index in [0.717, 1.165) is 25.2 Å². The SMILES string of the molecule is CCCCC=CCCCCCCCC(=O)OCCCCCCCCCCCCC(C)C. The number of carbonyl (C=O) groups is 1. The van der Waals surface area contributed by atoms with E-state index >= 15 is 0 Å². The number of carbonyl (C=O) groups excluding carboxylic acids is 1.